The van der Waals surface area contributed by atoms with Gasteiger partial charge in [0.1, 0.15) is 6.61 Å². The van der Waals surface area contributed by atoms with Gasteiger partial charge in [-0.2, -0.15) is 0 Å². The lowest BCUT2D eigenvalue weighted by Gasteiger charge is -2.07. The molecule has 1 saturated carbocycles. The van der Waals surface area contributed by atoms with E-state index in [0.29, 0.717) is 18.4 Å². The van der Waals surface area contributed by atoms with Gasteiger partial charge in [-0.05, 0) is 31.0 Å². The second-order valence-electron chi connectivity index (χ2n) is 3.65. The topological polar surface area (TPSA) is 21.3 Å². The summed E-state index contributed by atoms with van der Waals surface area (Å²) in [7, 11) is 0. The minimum atomic E-state index is -0.323. The van der Waals surface area contributed by atoms with Gasteiger partial charge in [-0.15, -0.1) is 0 Å². The molecule has 0 unspecified atom stereocenters. The van der Waals surface area contributed by atoms with E-state index in [1.165, 1.54) is 18.9 Å². The average molecular weight is 274 g/mol. The van der Waals surface area contributed by atoms with E-state index in [9.17, 15) is 4.39 Å². The zero-order chi connectivity index (χ0) is 10.7. The molecular formula is C11H13BrFNO. The van der Waals surface area contributed by atoms with E-state index >= 15 is 0 Å². The van der Waals surface area contributed by atoms with Gasteiger partial charge in [0.05, 0.1) is 0 Å². The fourth-order valence-electron chi connectivity index (χ4n) is 1.30. The zero-order valence-electron chi connectivity index (χ0n) is 8.30. The van der Waals surface area contributed by atoms with Crippen molar-refractivity contribution in [1.29, 1.82) is 0 Å². The van der Waals surface area contributed by atoms with Crippen LogP contribution in [0.15, 0.2) is 22.7 Å². The predicted octanol–water partition coefficient (Wildman–Crippen LogP) is 2.72. The molecule has 0 heterocycles. The molecular weight excluding hydrogens is 261 g/mol. The van der Waals surface area contributed by atoms with Gasteiger partial charge in [0.15, 0.2) is 11.6 Å². The molecule has 15 heavy (non-hydrogen) atoms. The van der Waals surface area contributed by atoms with Gasteiger partial charge in [-0.25, -0.2) is 4.39 Å². The third-order valence-electron chi connectivity index (χ3n) is 2.26. The molecule has 0 saturated heterocycles. The maximum atomic E-state index is 13.3. The van der Waals surface area contributed by atoms with Crippen LogP contribution in [0.3, 0.4) is 0 Å². The van der Waals surface area contributed by atoms with Crippen molar-refractivity contribution in [1.82, 2.24) is 5.32 Å². The molecule has 1 fully saturated rings. The molecule has 1 N–H and O–H groups in total. The maximum Gasteiger partial charge on any atom is 0.166 e. The average Bonchev–Trinajstić information content (AvgIpc) is 2.99. The highest BCUT2D eigenvalue weighted by Crippen LogP contribution is 2.21. The number of nitrogens with one attached hydrogen (secondary N) is 1. The number of benzene rings is 1. The van der Waals surface area contributed by atoms with Crippen LogP contribution >= 0.6 is 15.9 Å². The molecule has 0 radical (unpaired) electrons. The zero-order valence-corrected chi connectivity index (χ0v) is 9.89. The molecule has 0 spiro atoms. The Balaban J connectivity index is 1.76. The maximum absolute atomic E-state index is 13.3. The van der Waals surface area contributed by atoms with Crippen LogP contribution in [0.1, 0.15) is 12.8 Å². The summed E-state index contributed by atoms with van der Waals surface area (Å²) < 4.78 is 19.3. The second-order valence-corrected chi connectivity index (χ2v) is 4.57. The van der Waals surface area contributed by atoms with Gasteiger partial charge in [0, 0.05) is 17.1 Å². The normalized spacial score (nSPS) is 15.3. The van der Waals surface area contributed by atoms with Crippen molar-refractivity contribution in [2.45, 2.75) is 18.9 Å². The molecule has 0 aliphatic heterocycles. The first-order valence-corrected chi connectivity index (χ1v) is 5.86. The minimum absolute atomic E-state index is 0.316. The lowest BCUT2D eigenvalue weighted by Crippen LogP contribution is -2.23. The van der Waals surface area contributed by atoms with E-state index in [0.717, 1.165) is 11.0 Å². The van der Waals surface area contributed by atoms with E-state index in [-0.39, 0.29) is 5.82 Å². The molecule has 1 aromatic carbocycles. The highest BCUT2D eigenvalue weighted by Gasteiger charge is 2.19. The summed E-state index contributed by atoms with van der Waals surface area (Å²) in [4.78, 5) is 0. The quantitative estimate of drug-likeness (QED) is 0.833. The Morgan fingerprint density at radius 2 is 2.27 bits per heavy atom. The van der Waals surface area contributed by atoms with Crippen LogP contribution in [0.2, 0.25) is 0 Å². The van der Waals surface area contributed by atoms with E-state index < -0.39 is 0 Å². The van der Waals surface area contributed by atoms with Crippen LogP contribution in [0.25, 0.3) is 0 Å². The first-order chi connectivity index (χ1) is 7.25. The van der Waals surface area contributed by atoms with Crippen molar-refractivity contribution < 1.29 is 9.13 Å². The summed E-state index contributed by atoms with van der Waals surface area (Å²) in [6, 6.07) is 5.48. The molecule has 0 bridgehead atoms. The predicted molar refractivity (Wildman–Crippen MR) is 60.6 cm³/mol. The van der Waals surface area contributed by atoms with Crippen LogP contribution in [-0.4, -0.2) is 19.2 Å². The van der Waals surface area contributed by atoms with E-state index in [4.69, 9.17) is 4.74 Å². The molecule has 0 atom stereocenters. The fourth-order valence-corrected chi connectivity index (χ4v) is 1.64. The third kappa shape index (κ3) is 3.47. The van der Waals surface area contributed by atoms with Gasteiger partial charge >= 0.3 is 0 Å². The van der Waals surface area contributed by atoms with Crippen LogP contribution in [-0.2, 0) is 0 Å². The Bertz CT molecular complexity index is 341. The van der Waals surface area contributed by atoms with Crippen molar-refractivity contribution in [2.75, 3.05) is 13.2 Å². The molecule has 2 nitrogen and oxygen atoms in total. The second kappa shape index (κ2) is 4.94. The molecule has 0 aromatic heterocycles. The third-order valence-corrected chi connectivity index (χ3v) is 2.76. The first-order valence-electron chi connectivity index (χ1n) is 5.07. The van der Waals surface area contributed by atoms with Gasteiger partial charge in [0.2, 0.25) is 0 Å². The molecule has 1 aliphatic rings. The number of hydrogen-bond donors (Lipinski definition) is 1. The summed E-state index contributed by atoms with van der Waals surface area (Å²) in [6.07, 6.45) is 2.51. The van der Waals surface area contributed by atoms with E-state index in [1.54, 1.807) is 12.1 Å². The summed E-state index contributed by atoms with van der Waals surface area (Å²) in [6.45, 7) is 1.29. The van der Waals surface area contributed by atoms with Crippen molar-refractivity contribution in [3.8, 4) is 5.75 Å². The van der Waals surface area contributed by atoms with Crippen LogP contribution in [0.4, 0.5) is 4.39 Å². The Labute approximate surface area is 96.9 Å². The number of ether oxygens (including phenoxy) is 1. The highest BCUT2D eigenvalue weighted by atomic mass is 79.9. The number of rotatable bonds is 5. The minimum Gasteiger partial charge on any atom is -0.489 e. The number of hydrogen-bond acceptors (Lipinski definition) is 2. The van der Waals surface area contributed by atoms with Gasteiger partial charge in [0.25, 0.3) is 0 Å². The Morgan fingerprint density at radius 1 is 1.47 bits per heavy atom. The molecule has 1 aromatic rings. The van der Waals surface area contributed by atoms with Crippen LogP contribution in [0.5, 0.6) is 5.75 Å². The summed E-state index contributed by atoms with van der Waals surface area (Å²) >= 11 is 3.20. The summed E-state index contributed by atoms with van der Waals surface area (Å²) in [5.74, 6) is -0.00778. The Hall–Kier alpha value is -0.610. The Kier molecular flexibility index (Phi) is 3.59. The van der Waals surface area contributed by atoms with Crippen LogP contribution in [0, 0.1) is 5.82 Å². The molecule has 82 valence electrons. The monoisotopic (exact) mass is 273 g/mol. The summed E-state index contributed by atoms with van der Waals surface area (Å²) in [5.41, 5.74) is 0. The van der Waals surface area contributed by atoms with Crippen molar-refractivity contribution in [2.24, 2.45) is 0 Å². The molecule has 2 rings (SSSR count). The molecule has 1 aliphatic carbocycles. The van der Waals surface area contributed by atoms with Crippen molar-refractivity contribution >= 4 is 15.9 Å². The van der Waals surface area contributed by atoms with Crippen molar-refractivity contribution in [3.63, 3.8) is 0 Å². The lowest BCUT2D eigenvalue weighted by molar-refractivity contribution is 0.298. The SMILES string of the molecule is Fc1cc(Br)ccc1OCCNC1CC1. The number of halogens is 2. The van der Waals surface area contributed by atoms with Crippen LogP contribution < -0.4 is 10.1 Å². The summed E-state index contributed by atoms with van der Waals surface area (Å²) in [5, 5.41) is 3.30. The standard InChI is InChI=1S/C11H13BrFNO/c12-8-1-4-11(10(13)7-8)15-6-5-14-9-2-3-9/h1,4,7,9,14H,2-3,5-6H2. The van der Waals surface area contributed by atoms with E-state index in [2.05, 4.69) is 21.2 Å². The van der Waals surface area contributed by atoms with Crippen molar-refractivity contribution in [3.05, 3.63) is 28.5 Å². The van der Waals surface area contributed by atoms with Gasteiger partial charge in [-0.3, -0.25) is 0 Å². The van der Waals surface area contributed by atoms with E-state index in [1.807, 2.05) is 0 Å². The highest BCUT2D eigenvalue weighted by molar-refractivity contribution is 9.10. The molecule has 0 amide bonds. The molecule has 4 heteroatoms. The lowest BCUT2D eigenvalue weighted by atomic mass is 10.3. The fraction of sp³-hybridized carbons (Fsp3) is 0.455. The first kappa shape index (κ1) is 10.9. The van der Waals surface area contributed by atoms with Gasteiger partial charge in [-0.1, -0.05) is 15.9 Å². The van der Waals surface area contributed by atoms with Gasteiger partial charge < -0.3 is 10.1 Å². The smallest absolute Gasteiger partial charge is 0.166 e. The largest absolute Gasteiger partial charge is 0.489 e. The Morgan fingerprint density at radius 3 is 2.93 bits per heavy atom.